The van der Waals surface area contributed by atoms with E-state index in [4.69, 9.17) is 0 Å². The molecule has 0 unspecified atom stereocenters. The predicted molar refractivity (Wildman–Crippen MR) is 48.2 cm³/mol. The van der Waals surface area contributed by atoms with Crippen molar-refractivity contribution in [3.8, 4) is 0 Å². The summed E-state index contributed by atoms with van der Waals surface area (Å²) in [6, 6.07) is 6.98. The van der Waals surface area contributed by atoms with Crippen LogP contribution in [0.3, 0.4) is 0 Å². The fourth-order valence-corrected chi connectivity index (χ4v) is 1.07. The highest BCUT2D eigenvalue weighted by atomic mass is 79.9. The normalized spacial score (nSPS) is 11.2. The van der Waals surface area contributed by atoms with E-state index >= 15 is 0 Å². The first-order valence-corrected chi connectivity index (χ1v) is 4.10. The molecule has 0 saturated carbocycles. The highest BCUT2D eigenvalue weighted by Gasteiger charge is 1.95. The third-order valence-corrected chi connectivity index (χ3v) is 1.96. The van der Waals surface area contributed by atoms with Crippen LogP contribution >= 0.6 is 15.9 Å². The van der Waals surface area contributed by atoms with Crippen molar-refractivity contribution in [3.63, 3.8) is 0 Å². The van der Waals surface area contributed by atoms with Gasteiger partial charge in [-0.1, -0.05) is 28.1 Å². The Morgan fingerprint density at radius 3 is 2.33 bits per heavy atom. The number of carbonyl (C=O) groups excluding carboxylic acids is 1. The minimum atomic E-state index is 0.169. The highest BCUT2D eigenvalue weighted by molar-refractivity contribution is 9.10. The number of aldehydes is 1. The van der Waals surface area contributed by atoms with Crippen LogP contribution in [-0.4, -0.2) is 6.29 Å². The van der Waals surface area contributed by atoms with Gasteiger partial charge < -0.3 is 5.11 Å². The number of rotatable bonds is 2. The molecule has 0 aliphatic rings. The maximum Gasteiger partial charge on any atom is 0.149 e. The average Bonchev–Trinajstić information content (AvgIpc) is 2.10. The maximum absolute atomic E-state index is 10.3. The Bertz CT molecular complexity index is 301. The molecule has 0 radical (unpaired) electrons. The van der Waals surface area contributed by atoms with Gasteiger partial charge in [-0.2, -0.15) is 0 Å². The summed E-state index contributed by atoms with van der Waals surface area (Å²) in [5.41, 5.74) is 0.811. The van der Waals surface area contributed by atoms with Crippen LogP contribution in [0, 0.1) is 0 Å². The molecule has 62 valence electrons. The van der Waals surface area contributed by atoms with Crippen LogP contribution in [0.2, 0.25) is 0 Å². The van der Waals surface area contributed by atoms with Gasteiger partial charge in [-0.3, -0.25) is 4.79 Å². The van der Waals surface area contributed by atoms with Gasteiger partial charge in [0.2, 0.25) is 0 Å². The minimum Gasteiger partial charge on any atom is -0.877 e. The van der Waals surface area contributed by atoms with E-state index in [1.54, 1.807) is 24.3 Å². The lowest BCUT2D eigenvalue weighted by Gasteiger charge is -2.01. The summed E-state index contributed by atoms with van der Waals surface area (Å²) < 4.78 is 0.919. The quantitative estimate of drug-likeness (QED) is 0.433. The molecule has 0 aliphatic heterocycles. The summed E-state index contributed by atoms with van der Waals surface area (Å²) in [6.45, 7) is 0. The minimum absolute atomic E-state index is 0.169. The number of halogens is 1. The van der Waals surface area contributed by atoms with Gasteiger partial charge in [0.15, 0.2) is 0 Å². The second-order valence-corrected chi connectivity index (χ2v) is 3.11. The zero-order chi connectivity index (χ0) is 8.97. The molecule has 0 atom stereocenters. The highest BCUT2D eigenvalue weighted by Crippen LogP contribution is 2.15. The largest absolute Gasteiger partial charge is 0.877 e. The van der Waals surface area contributed by atoms with E-state index < -0.39 is 0 Å². The van der Waals surface area contributed by atoms with Crippen molar-refractivity contribution in [1.29, 1.82) is 0 Å². The van der Waals surface area contributed by atoms with Crippen LogP contribution in [0.1, 0.15) is 5.56 Å². The molecule has 0 heterocycles. The number of benzene rings is 1. The van der Waals surface area contributed by atoms with E-state index in [1.165, 1.54) is 0 Å². The Morgan fingerprint density at radius 1 is 1.33 bits per heavy atom. The smallest absolute Gasteiger partial charge is 0.149 e. The third-order valence-electron chi connectivity index (χ3n) is 1.43. The molecule has 1 aromatic rings. The monoisotopic (exact) mass is 225 g/mol. The molecule has 0 fully saturated rings. The zero-order valence-corrected chi connectivity index (χ0v) is 7.74. The Kier molecular flexibility index (Phi) is 3.05. The summed E-state index contributed by atoms with van der Waals surface area (Å²) >= 11 is 3.25. The molecule has 2 nitrogen and oxygen atoms in total. The summed E-state index contributed by atoms with van der Waals surface area (Å²) in [5.74, 6) is 0. The first-order valence-electron chi connectivity index (χ1n) is 3.31. The summed E-state index contributed by atoms with van der Waals surface area (Å²) in [7, 11) is 0. The predicted octanol–water partition coefficient (Wildman–Crippen LogP) is 1.35. The molecule has 1 rings (SSSR count). The second-order valence-electron chi connectivity index (χ2n) is 2.20. The van der Waals surface area contributed by atoms with Crippen LogP contribution in [0.25, 0.3) is 5.57 Å². The molecular weight excluding hydrogens is 220 g/mol. The molecule has 3 heteroatoms. The van der Waals surface area contributed by atoms with Crippen LogP contribution < -0.4 is 5.11 Å². The van der Waals surface area contributed by atoms with Gasteiger partial charge in [-0.25, -0.2) is 0 Å². The second kappa shape index (κ2) is 4.07. The Labute approximate surface area is 78.7 Å². The van der Waals surface area contributed by atoms with Crippen molar-refractivity contribution < 1.29 is 9.90 Å². The van der Waals surface area contributed by atoms with Crippen molar-refractivity contribution >= 4 is 27.8 Å². The first-order chi connectivity index (χ1) is 5.77. The standard InChI is InChI=1S/C9H7BrO2/c10-9-3-1-7(2-4-9)8(5-11)6-12/h1-6,11H/p-1/b8-5+. The lowest BCUT2D eigenvalue weighted by Crippen LogP contribution is -1.93. The topological polar surface area (TPSA) is 40.1 Å². The van der Waals surface area contributed by atoms with E-state index in [2.05, 4.69) is 15.9 Å². The third kappa shape index (κ3) is 1.95. The number of allylic oxidation sites excluding steroid dienone is 1. The summed E-state index contributed by atoms with van der Waals surface area (Å²) in [5, 5.41) is 10.3. The lowest BCUT2D eigenvalue weighted by molar-refractivity contribution is -0.273. The maximum atomic E-state index is 10.3. The van der Waals surface area contributed by atoms with E-state index in [-0.39, 0.29) is 5.57 Å². The van der Waals surface area contributed by atoms with Gasteiger partial charge in [-0.05, 0) is 17.7 Å². The van der Waals surface area contributed by atoms with Crippen LogP contribution in [-0.2, 0) is 4.79 Å². The van der Waals surface area contributed by atoms with E-state index in [1.807, 2.05) is 0 Å². The SMILES string of the molecule is O=C/C(=C\[O-])c1ccc(Br)cc1. The van der Waals surface area contributed by atoms with Gasteiger partial charge in [0.1, 0.15) is 6.29 Å². The molecule has 0 amide bonds. The number of hydrogen-bond donors (Lipinski definition) is 0. The van der Waals surface area contributed by atoms with Crippen molar-refractivity contribution in [2.45, 2.75) is 0 Å². The van der Waals surface area contributed by atoms with Gasteiger partial charge in [0, 0.05) is 10.0 Å². The van der Waals surface area contributed by atoms with Crippen molar-refractivity contribution in [2.75, 3.05) is 0 Å². The first kappa shape index (κ1) is 9.00. The Balaban J connectivity index is 3.04. The molecule has 0 N–H and O–H groups in total. The van der Waals surface area contributed by atoms with Crippen molar-refractivity contribution in [2.24, 2.45) is 0 Å². The van der Waals surface area contributed by atoms with Gasteiger partial charge >= 0.3 is 0 Å². The van der Waals surface area contributed by atoms with Gasteiger partial charge in [0.05, 0.1) is 0 Å². The summed E-state index contributed by atoms with van der Waals surface area (Å²) in [6.07, 6.45) is 1.10. The van der Waals surface area contributed by atoms with Crippen molar-refractivity contribution in [3.05, 3.63) is 40.6 Å². The van der Waals surface area contributed by atoms with Gasteiger partial charge in [0.25, 0.3) is 0 Å². The molecule has 0 bridgehead atoms. The molecular formula is C9H6BrO2-. The molecule has 12 heavy (non-hydrogen) atoms. The van der Waals surface area contributed by atoms with Crippen molar-refractivity contribution in [1.82, 2.24) is 0 Å². The molecule has 1 aromatic carbocycles. The van der Waals surface area contributed by atoms with E-state index in [0.717, 1.165) is 4.47 Å². The Morgan fingerprint density at radius 2 is 1.92 bits per heavy atom. The van der Waals surface area contributed by atoms with E-state index in [0.29, 0.717) is 18.1 Å². The van der Waals surface area contributed by atoms with Gasteiger partial charge in [-0.15, -0.1) is 6.26 Å². The fraction of sp³-hybridized carbons (Fsp3) is 0. The number of hydrogen-bond acceptors (Lipinski definition) is 2. The zero-order valence-electron chi connectivity index (χ0n) is 6.16. The Hall–Kier alpha value is -1.09. The van der Waals surface area contributed by atoms with Crippen LogP contribution in [0.4, 0.5) is 0 Å². The molecule has 0 spiro atoms. The van der Waals surface area contributed by atoms with Crippen LogP contribution in [0.15, 0.2) is 35.0 Å². The van der Waals surface area contributed by atoms with E-state index in [9.17, 15) is 9.90 Å². The van der Waals surface area contributed by atoms with Crippen LogP contribution in [0.5, 0.6) is 0 Å². The molecule has 0 saturated heterocycles. The average molecular weight is 226 g/mol. The fourth-order valence-electron chi connectivity index (χ4n) is 0.806. The molecule has 0 aromatic heterocycles. The number of carbonyl (C=O) groups is 1. The summed E-state index contributed by atoms with van der Waals surface area (Å²) in [4.78, 5) is 10.3. The lowest BCUT2D eigenvalue weighted by atomic mass is 10.1. The molecule has 0 aliphatic carbocycles.